The van der Waals surface area contributed by atoms with Gasteiger partial charge in [0, 0.05) is 6.54 Å². The normalized spacial score (nSPS) is 12.6. The Morgan fingerprint density at radius 1 is 1.08 bits per heavy atom. The van der Waals surface area contributed by atoms with E-state index in [1.807, 2.05) is 19.1 Å². The Morgan fingerprint density at radius 3 is 2.00 bits per heavy atom. The molecule has 0 aromatic carbocycles. The first kappa shape index (κ1) is 12.6. The van der Waals surface area contributed by atoms with Gasteiger partial charge in [-0.15, -0.1) is 0 Å². The summed E-state index contributed by atoms with van der Waals surface area (Å²) in [6.07, 6.45) is 4.83. The van der Waals surface area contributed by atoms with Crippen LogP contribution in [0.25, 0.3) is 0 Å². The number of nitrogens with one attached hydrogen (secondary N) is 1. The van der Waals surface area contributed by atoms with E-state index in [0.29, 0.717) is 6.54 Å². The van der Waals surface area contributed by atoms with Crippen molar-refractivity contribution in [3.8, 4) is 0 Å². The summed E-state index contributed by atoms with van der Waals surface area (Å²) >= 11 is 0. The van der Waals surface area contributed by atoms with Gasteiger partial charge in [0.15, 0.2) is 0 Å². The van der Waals surface area contributed by atoms with Crippen molar-refractivity contribution < 1.29 is 15.3 Å². The highest BCUT2D eigenvalue weighted by atomic mass is 16.3. The predicted octanol–water partition coefficient (Wildman–Crippen LogP) is -0.742. The maximum absolute atomic E-state index is 8.93. The van der Waals surface area contributed by atoms with Gasteiger partial charge in [0.1, 0.15) is 0 Å². The molecule has 13 heavy (non-hydrogen) atoms. The first-order valence-electron chi connectivity index (χ1n) is 4.47. The van der Waals surface area contributed by atoms with Gasteiger partial charge >= 0.3 is 0 Å². The van der Waals surface area contributed by atoms with Crippen LogP contribution in [0.2, 0.25) is 0 Å². The molecule has 0 aromatic rings. The number of hydrogen-bond donors (Lipinski definition) is 4. The second-order valence-electron chi connectivity index (χ2n) is 3.02. The molecule has 0 bridgehead atoms. The van der Waals surface area contributed by atoms with Crippen LogP contribution >= 0.6 is 0 Å². The molecule has 0 fully saturated rings. The minimum atomic E-state index is -0.960. The van der Waals surface area contributed by atoms with Crippen molar-refractivity contribution in [2.75, 3.05) is 26.4 Å². The summed E-state index contributed by atoms with van der Waals surface area (Å²) in [7, 11) is 0. The zero-order valence-electron chi connectivity index (χ0n) is 8.03. The van der Waals surface area contributed by atoms with Gasteiger partial charge in [0.2, 0.25) is 0 Å². The van der Waals surface area contributed by atoms with E-state index >= 15 is 0 Å². The van der Waals surface area contributed by atoms with Gasteiger partial charge in [-0.25, -0.2) is 0 Å². The van der Waals surface area contributed by atoms with Crippen LogP contribution in [0.5, 0.6) is 0 Å². The van der Waals surface area contributed by atoms with Crippen LogP contribution in [0.1, 0.15) is 13.3 Å². The van der Waals surface area contributed by atoms with Gasteiger partial charge in [-0.2, -0.15) is 0 Å². The second kappa shape index (κ2) is 7.03. The zero-order valence-corrected chi connectivity index (χ0v) is 8.03. The molecule has 0 aliphatic rings. The molecule has 0 heterocycles. The van der Waals surface area contributed by atoms with Crippen LogP contribution in [0, 0.1) is 0 Å². The molecule has 0 spiro atoms. The molecule has 0 aromatic heterocycles. The van der Waals surface area contributed by atoms with E-state index in [9.17, 15) is 0 Å². The van der Waals surface area contributed by atoms with E-state index in [4.69, 9.17) is 15.3 Å². The summed E-state index contributed by atoms with van der Waals surface area (Å²) in [6.45, 7) is 1.73. The fourth-order valence-electron chi connectivity index (χ4n) is 0.843. The van der Waals surface area contributed by atoms with Crippen LogP contribution in [0.15, 0.2) is 12.2 Å². The summed E-state index contributed by atoms with van der Waals surface area (Å²) in [5.41, 5.74) is -0.960. The Labute approximate surface area is 78.9 Å². The highest BCUT2D eigenvalue weighted by Crippen LogP contribution is 2.00. The highest BCUT2D eigenvalue weighted by molar-refractivity contribution is 4.91. The molecule has 4 nitrogen and oxygen atoms in total. The van der Waals surface area contributed by atoms with Gasteiger partial charge in [-0.05, 0) is 6.42 Å². The Balaban J connectivity index is 3.88. The van der Waals surface area contributed by atoms with Crippen molar-refractivity contribution in [3.63, 3.8) is 0 Å². The first-order chi connectivity index (χ1) is 6.24. The summed E-state index contributed by atoms with van der Waals surface area (Å²) in [5.74, 6) is 0. The smallest absolute Gasteiger partial charge is 0.0884 e. The molecule has 0 amide bonds. The van der Waals surface area contributed by atoms with E-state index in [0.717, 1.165) is 6.42 Å². The van der Waals surface area contributed by atoms with Crippen molar-refractivity contribution in [2.24, 2.45) is 0 Å². The molecule has 0 aliphatic heterocycles. The topological polar surface area (TPSA) is 72.7 Å². The minimum Gasteiger partial charge on any atom is -0.394 e. The van der Waals surface area contributed by atoms with Crippen LogP contribution in [-0.4, -0.2) is 47.2 Å². The van der Waals surface area contributed by atoms with E-state index in [-0.39, 0.29) is 19.8 Å². The van der Waals surface area contributed by atoms with Crippen molar-refractivity contribution in [3.05, 3.63) is 12.2 Å². The lowest BCUT2D eigenvalue weighted by Gasteiger charge is -2.28. The third-order valence-electron chi connectivity index (χ3n) is 1.91. The molecule has 4 heteroatoms. The average Bonchev–Trinajstić information content (AvgIpc) is 2.20. The summed E-state index contributed by atoms with van der Waals surface area (Å²) in [4.78, 5) is 0. The minimum absolute atomic E-state index is 0.278. The Morgan fingerprint density at radius 2 is 1.62 bits per heavy atom. The van der Waals surface area contributed by atoms with E-state index in [1.54, 1.807) is 0 Å². The number of allylic oxidation sites excluding steroid dienone is 1. The molecule has 0 rings (SSSR count). The quantitative estimate of drug-likeness (QED) is 0.398. The van der Waals surface area contributed by atoms with Gasteiger partial charge in [0.25, 0.3) is 0 Å². The van der Waals surface area contributed by atoms with Gasteiger partial charge in [-0.1, -0.05) is 19.1 Å². The second-order valence-corrected chi connectivity index (χ2v) is 3.02. The lowest BCUT2D eigenvalue weighted by atomic mass is 10.0. The number of hydrogen-bond acceptors (Lipinski definition) is 4. The molecular weight excluding hydrogens is 170 g/mol. The summed E-state index contributed by atoms with van der Waals surface area (Å²) < 4.78 is 0. The van der Waals surface area contributed by atoms with Crippen molar-refractivity contribution >= 4 is 0 Å². The Kier molecular flexibility index (Phi) is 6.80. The van der Waals surface area contributed by atoms with Crippen molar-refractivity contribution in [1.29, 1.82) is 0 Å². The highest BCUT2D eigenvalue weighted by Gasteiger charge is 2.26. The van der Waals surface area contributed by atoms with E-state index in [1.165, 1.54) is 0 Å². The van der Waals surface area contributed by atoms with Gasteiger partial charge in [0.05, 0.1) is 25.4 Å². The van der Waals surface area contributed by atoms with Crippen molar-refractivity contribution in [2.45, 2.75) is 18.9 Å². The summed E-state index contributed by atoms with van der Waals surface area (Å²) in [6, 6.07) is 0. The summed E-state index contributed by atoms with van der Waals surface area (Å²) in [5, 5.41) is 29.7. The fraction of sp³-hybridized carbons (Fsp3) is 0.778. The molecule has 0 aliphatic carbocycles. The maximum Gasteiger partial charge on any atom is 0.0884 e. The maximum atomic E-state index is 8.93. The molecule has 0 atom stereocenters. The molecule has 4 N–H and O–H groups in total. The standard InChI is InChI=1S/C9H19NO3/c1-2-3-4-5-10-9(6-11,7-12)8-13/h3-4,10-13H,2,5-8H2,1H3/b4-3+. The third-order valence-corrected chi connectivity index (χ3v) is 1.91. The molecule has 78 valence electrons. The SMILES string of the molecule is CC/C=C/CNC(CO)(CO)CO. The van der Waals surface area contributed by atoms with Gasteiger partial charge < -0.3 is 20.6 Å². The largest absolute Gasteiger partial charge is 0.394 e. The molecule has 0 radical (unpaired) electrons. The van der Waals surface area contributed by atoms with E-state index in [2.05, 4.69) is 5.32 Å². The first-order valence-corrected chi connectivity index (χ1v) is 4.47. The lowest BCUT2D eigenvalue weighted by molar-refractivity contribution is 0.0451. The molecule has 0 saturated heterocycles. The lowest BCUT2D eigenvalue weighted by Crippen LogP contribution is -2.54. The number of rotatable bonds is 7. The monoisotopic (exact) mass is 189 g/mol. The molecular formula is C9H19NO3. The van der Waals surface area contributed by atoms with Crippen molar-refractivity contribution in [1.82, 2.24) is 5.32 Å². The van der Waals surface area contributed by atoms with Crippen LogP contribution in [-0.2, 0) is 0 Å². The van der Waals surface area contributed by atoms with Gasteiger partial charge in [-0.3, -0.25) is 0 Å². The number of aliphatic hydroxyl groups is 3. The average molecular weight is 189 g/mol. The van der Waals surface area contributed by atoms with Crippen LogP contribution < -0.4 is 5.32 Å². The third kappa shape index (κ3) is 4.38. The van der Waals surface area contributed by atoms with E-state index < -0.39 is 5.54 Å². The number of aliphatic hydroxyl groups excluding tert-OH is 3. The molecule has 0 unspecified atom stereocenters. The fourth-order valence-corrected chi connectivity index (χ4v) is 0.843. The van der Waals surface area contributed by atoms with Crippen LogP contribution in [0.4, 0.5) is 0 Å². The Hall–Kier alpha value is -0.420. The Bertz CT molecular complexity index is 136. The molecule has 0 saturated carbocycles. The predicted molar refractivity (Wildman–Crippen MR) is 51.4 cm³/mol. The zero-order chi connectivity index (χ0) is 10.2. The van der Waals surface area contributed by atoms with Crippen LogP contribution in [0.3, 0.4) is 0 Å².